The van der Waals surface area contributed by atoms with E-state index in [1.54, 1.807) is 38.7 Å². The molecule has 0 aliphatic carbocycles. The first-order chi connectivity index (χ1) is 20.8. The molecule has 2 aromatic heterocycles. The molecule has 8 nitrogen and oxygen atoms in total. The number of thiazole rings is 1. The third-order valence-corrected chi connectivity index (χ3v) is 9.00. The third-order valence-electron chi connectivity index (χ3n) is 7.39. The first kappa shape index (κ1) is 28.7. The zero-order valence-electron chi connectivity index (χ0n) is 23.9. The Morgan fingerprint density at radius 3 is 2.58 bits per heavy atom. The van der Waals surface area contributed by atoms with Crippen LogP contribution in [-0.4, -0.2) is 36.3 Å². The number of carbonyl (C=O) groups excluding carboxylic acids is 1. The Hall–Kier alpha value is -4.41. The van der Waals surface area contributed by atoms with Gasteiger partial charge in [0.05, 0.1) is 52.8 Å². The predicted molar refractivity (Wildman–Crippen MR) is 171 cm³/mol. The van der Waals surface area contributed by atoms with E-state index in [-0.39, 0.29) is 12.2 Å². The Labute approximate surface area is 259 Å². The average molecular weight is 659 g/mol. The summed E-state index contributed by atoms with van der Waals surface area (Å²) in [5.41, 5.74) is 4.93. The van der Waals surface area contributed by atoms with Crippen LogP contribution in [0.15, 0.2) is 92.3 Å². The second-order valence-corrected chi connectivity index (χ2v) is 11.8. The Kier molecular flexibility index (Phi) is 7.81. The highest BCUT2D eigenvalue weighted by Gasteiger charge is 2.33. The number of nitrogens with zero attached hydrogens (tertiary/aromatic N) is 2. The van der Waals surface area contributed by atoms with Crippen LogP contribution in [0.1, 0.15) is 31.0 Å². The van der Waals surface area contributed by atoms with Crippen LogP contribution in [0.5, 0.6) is 11.5 Å². The van der Waals surface area contributed by atoms with E-state index in [2.05, 4.69) is 20.9 Å². The van der Waals surface area contributed by atoms with Crippen molar-refractivity contribution in [3.05, 3.63) is 113 Å². The molecule has 1 N–H and O–H groups in total. The van der Waals surface area contributed by atoms with E-state index < -0.39 is 12.0 Å². The smallest absolute Gasteiger partial charge is 0.338 e. The highest BCUT2D eigenvalue weighted by molar-refractivity contribution is 9.10. The summed E-state index contributed by atoms with van der Waals surface area (Å²) < 4.78 is 19.1. The van der Waals surface area contributed by atoms with Crippen LogP contribution in [0, 0.1) is 0 Å². The number of fused-ring (bicyclic) bond motifs is 2. The minimum Gasteiger partial charge on any atom is -0.497 e. The molecule has 1 aliphatic rings. The largest absolute Gasteiger partial charge is 0.497 e. The molecule has 0 unspecified atom stereocenters. The lowest BCUT2D eigenvalue weighted by molar-refractivity contribution is -0.139. The van der Waals surface area contributed by atoms with Crippen molar-refractivity contribution in [2.75, 3.05) is 20.8 Å². The number of ether oxygens (including phenoxy) is 3. The van der Waals surface area contributed by atoms with E-state index >= 15 is 0 Å². The molecular formula is C33H28BrN3O5S. The van der Waals surface area contributed by atoms with Crippen LogP contribution < -0.4 is 24.4 Å². The molecule has 3 heterocycles. The fourth-order valence-electron chi connectivity index (χ4n) is 5.39. The van der Waals surface area contributed by atoms with E-state index in [0.29, 0.717) is 36.6 Å². The maximum absolute atomic E-state index is 14.3. The van der Waals surface area contributed by atoms with Gasteiger partial charge in [-0.3, -0.25) is 9.36 Å². The molecule has 5 aromatic rings. The van der Waals surface area contributed by atoms with Crippen LogP contribution in [0.3, 0.4) is 0 Å². The topological polar surface area (TPSA) is 94.9 Å². The van der Waals surface area contributed by atoms with Gasteiger partial charge in [-0.2, -0.15) is 0 Å². The number of benzene rings is 3. The lowest BCUT2D eigenvalue weighted by Crippen LogP contribution is -2.40. The number of aromatic nitrogens is 2. The number of carbonyl (C=O) groups is 1. The van der Waals surface area contributed by atoms with Crippen molar-refractivity contribution in [2.45, 2.75) is 19.9 Å². The molecule has 0 saturated heterocycles. The molecule has 0 bridgehead atoms. The summed E-state index contributed by atoms with van der Waals surface area (Å²) in [6.45, 7) is 3.72. The van der Waals surface area contributed by atoms with Gasteiger partial charge in [0.2, 0.25) is 0 Å². The highest BCUT2D eigenvalue weighted by Crippen LogP contribution is 2.36. The van der Waals surface area contributed by atoms with E-state index in [1.807, 2.05) is 66.7 Å². The van der Waals surface area contributed by atoms with E-state index in [0.717, 1.165) is 33.3 Å². The summed E-state index contributed by atoms with van der Waals surface area (Å²) in [5, 5.41) is 0.920. The molecule has 0 saturated carbocycles. The summed E-state index contributed by atoms with van der Waals surface area (Å²) in [4.78, 5) is 36.3. The number of esters is 1. The minimum atomic E-state index is -0.740. The first-order valence-corrected chi connectivity index (χ1v) is 15.2. The molecule has 43 heavy (non-hydrogen) atoms. The van der Waals surface area contributed by atoms with E-state index in [9.17, 15) is 9.59 Å². The summed E-state index contributed by atoms with van der Waals surface area (Å²) in [6, 6.07) is 20.6. The Bertz CT molecular complexity index is 2090. The van der Waals surface area contributed by atoms with Crippen LogP contribution in [0.2, 0.25) is 0 Å². The van der Waals surface area contributed by atoms with Crippen molar-refractivity contribution in [2.24, 2.45) is 4.99 Å². The molecule has 0 fully saturated rings. The van der Waals surface area contributed by atoms with Gasteiger partial charge in [0.1, 0.15) is 11.5 Å². The van der Waals surface area contributed by atoms with Gasteiger partial charge in [-0.25, -0.2) is 9.79 Å². The zero-order chi connectivity index (χ0) is 30.2. The van der Waals surface area contributed by atoms with Gasteiger partial charge in [0.25, 0.3) is 5.56 Å². The number of H-pyrrole nitrogens is 1. The molecular weight excluding hydrogens is 630 g/mol. The first-order valence-electron chi connectivity index (χ1n) is 13.6. The van der Waals surface area contributed by atoms with E-state index in [4.69, 9.17) is 19.2 Å². The minimum absolute atomic E-state index is 0.200. The molecule has 218 valence electrons. The van der Waals surface area contributed by atoms with Gasteiger partial charge in [-0.15, -0.1) is 0 Å². The third kappa shape index (κ3) is 5.10. The maximum atomic E-state index is 14.3. The van der Waals surface area contributed by atoms with Crippen LogP contribution in [0.4, 0.5) is 0 Å². The highest BCUT2D eigenvalue weighted by atomic mass is 79.9. The number of aromatic amines is 1. The van der Waals surface area contributed by atoms with Crippen molar-refractivity contribution in [1.29, 1.82) is 0 Å². The Morgan fingerprint density at radius 1 is 1.09 bits per heavy atom. The second kappa shape index (κ2) is 11.7. The van der Waals surface area contributed by atoms with Gasteiger partial charge in [-0.05, 0) is 77.3 Å². The van der Waals surface area contributed by atoms with Gasteiger partial charge >= 0.3 is 5.97 Å². The van der Waals surface area contributed by atoms with Crippen molar-refractivity contribution in [3.8, 4) is 22.8 Å². The molecule has 1 aliphatic heterocycles. The molecule has 3 aromatic carbocycles. The number of methoxy groups -OCH3 is 2. The van der Waals surface area contributed by atoms with Crippen molar-refractivity contribution in [1.82, 2.24) is 9.55 Å². The number of halogens is 1. The predicted octanol–water partition coefficient (Wildman–Crippen LogP) is 5.73. The number of allylic oxidation sites excluding steroid dienone is 1. The number of hydrogen-bond acceptors (Lipinski definition) is 7. The molecule has 10 heteroatoms. The molecule has 1 atom stereocenters. The zero-order valence-corrected chi connectivity index (χ0v) is 26.3. The summed E-state index contributed by atoms with van der Waals surface area (Å²) in [5.74, 6) is 0.838. The monoisotopic (exact) mass is 657 g/mol. The van der Waals surface area contributed by atoms with Gasteiger partial charge < -0.3 is 19.2 Å². The normalized spacial score (nSPS) is 14.9. The van der Waals surface area contributed by atoms with Crippen LogP contribution >= 0.6 is 27.3 Å². The molecule has 6 rings (SSSR count). The summed E-state index contributed by atoms with van der Waals surface area (Å²) in [6.07, 6.45) is 1.90. The van der Waals surface area contributed by atoms with Crippen molar-refractivity contribution < 1.29 is 19.0 Å². The number of hydrogen-bond donors (Lipinski definition) is 1. The average Bonchev–Trinajstić information content (AvgIpc) is 3.53. The molecule has 0 spiro atoms. The van der Waals surface area contributed by atoms with E-state index in [1.165, 1.54) is 11.3 Å². The quantitative estimate of drug-likeness (QED) is 0.226. The summed E-state index contributed by atoms with van der Waals surface area (Å²) in [7, 11) is 3.21. The lowest BCUT2D eigenvalue weighted by atomic mass is 9.96. The van der Waals surface area contributed by atoms with Crippen LogP contribution in [0.25, 0.3) is 28.2 Å². The Morgan fingerprint density at radius 2 is 1.88 bits per heavy atom. The lowest BCUT2D eigenvalue weighted by Gasteiger charge is -2.25. The Balaban J connectivity index is 1.62. The SMILES string of the molecule is CCOC(=O)C1=C(C)N=c2s/c(=C/c3c(-c4ccccc4)[nH]c4ccc(OC)cc34)c(=O)n2[C@H]1c1ccc(OC)c(Br)c1. The molecule has 0 amide bonds. The number of rotatable bonds is 7. The van der Waals surface area contributed by atoms with Crippen LogP contribution in [-0.2, 0) is 9.53 Å². The van der Waals surface area contributed by atoms with Crippen molar-refractivity contribution in [3.63, 3.8) is 0 Å². The fraction of sp³-hybridized carbons (Fsp3) is 0.182. The maximum Gasteiger partial charge on any atom is 0.338 e. The second-order valence-electron chi connectivity index (χ2n) is 9.89. The van der Waals surface area contributed by atoms with Gasteiger partial charge in [0.15, 0.2) is 4.80 Å². The van der Waals surface area contributed by atoms with Crippen molar-refractivity contribution >= 4 is 50.2 Å². The van der Waals surface area contributed by atoms with Gasteiger partial charge in [-0.1, -0.05) is 47.7 Å². The fourth-order valence-corrected chi connectivity index (χ4v) is 6.98. The van der Waals surface area contributed by atoms with Gasteiger partial charge in [0, 0.05) is 16.5 Å². The summed E-state index contributed by atoms with van der Waals surface area (Å²) >= 11 is 4.84. The standard InChI is InChI=1S/C33H28BrN3O5S/c1-5-42-32(39)28-18(2)35-33-37(30(28)20-11-14-26(41-4)24(34)15-20)31(38)27(43-33)17-23-22-16-21(40-3)12-13-25(22)36-29(23)19-9-7-6-8-10-19/h6-17,30,36H,5H2,1-4H3/b27-17+/t30-/m0/s1. The molecule has 0 radical (unpaired) electrons. The number of nitrogens with one attached hydrogen (secondary N) is 1.